The molecule has 13 heavy (non-hydrogen) atoms. The summed E-state index contributed by atoms with van der Waals surface area (Å²) in [5, 5.41) is 18.1. The third-order valence-electron chi connectivity index (χ3n) is 1.56. The number of carbonyl (C=O) groups excluding carboxylic acids is 1. The number of rotatable bonds is 2. The second-order valence-corrected chi connectivity index (χ2v) is 2.32. The van der Waals surface area contributed by atoms with Gasteiger partial charge in [-0.3, -0.25) is 0 Å². The summed E-state index contributed by atoms with van der Waals surface area (Å²) >= 11 is 0. The first-order chi connectivity index (χ1) is 6.20. The van der Waals surface area contributed by atoms with Crippen molar-refractivity contribution in [3.05, 3.63) is 23.5 Å². The van der Waals surface area contributed by atoms with E-state index < -0.39 is 5.97 Å². The molecule has 5 heteroatoms. The maximum atomic E-state index is 11.0. The van der Waals surface area contributed by atoms with E-state index in [0.717, 1.165) is 0 Å². The Morgan fingerprint density at radius 1 is 1.69 bits per heavy atom. The third-order valence-corrected chi connectivity index (χ3v) is 1.56. The summed E-state index contributed by atoms with van der Waals surface area (Å²) < 4.78 is 4.37. The van der Waals surface area contributed by atoms with Gasteiger partial charge in [0.15, 0.2) is 11.4 Å². The molecule has 0 fully saturated rings. The summed E-state index contributed by atoms with van der Waals surface area (Å²) in [6.07, 6.45) is 1.32. The van der Waals surface area contributed by atoms with Gasteiger partial charge in [0, 0.05) is 11.8 Å². The quantitative estimate of drug-likeness (QED) is 0.634. The maximum absolute atomic E-state index is 11.0. The highest BCUT2D eigenvalue weighted by Gasteiger charge is 2.15. The molecule has 1 rings (SSSR count). The van der Waals surface area contributed by atoms with E-state index in [-0.39, 0.29) is 23.6 Å². The van der Waals surface area contributed by atoms with E-state index in [1.54, 1.807) is 0 Å². The van der Waals surface area contributed by atoms with Crippen LogP contribution in [0.5, 0.6) is 5.75 Å². The predicted molar refractivity (Wildman–Crippen MR) is 43.2 cm³/mol. The van der Waals surface area contributed by atoms with Crippen LogP contribution in [0.4, 0.5) is 0 Å². The van der Waals surface area contributed by atoms with Crippen LogP contribution in [0.2, 0.25) is 0 Å². The first-order valence-electron chi connectivity index (χ1n) is 3.56. The standard InChI is InChI=1S/C8H9NO4/c1-13-8(12)6-7(11)5(4-10)2-3-9-6/h2-3,10-11H,4H2,1H3. The number of aliphatic hydroxyl groups excluding tert-OH is 1. The highest BCUT2D eigenvalue weighted by atomic mass is 16.5. The van der Waals surface area contributed by atoms with E-state index in [1.807, 2.05) is 0 Å². The van der Waals surface area contributed by atoms with E-state index in [2.05, 4.69) is 9.72 Å². The van der Waals surface area contributed by atoms with Gasteiger partial charge < -0.3 is 14.9 Å². The number of hydrogen-bond acceptors (Lipinski definition) is 5. The van der Waals surface area contributed by atoms with Crippen LogP contribution in [0.1, 0.15) is 16.1 Å². The van der Waals surface area contributed by atoms with Crippen molar-refractivity contribution in [2.45, 2.75) is 6.61 Å². The van der Waals surface area contributed by atoms with Crippen molar-refractivity contribution in [1.82, 2.24) is 4.98 Å². The Kier molecular flexibility index (Phi) is 2.81. The van der Waals surface area contributed by atoms with Gasteiger partial charge in [-0.25, -0.2) is 9.78 Å². The summed E-state index contributed by atoms with van der Waals surface area (Å²) in [4.78, 5) is 14.6. The van der Waals surface area contributed by atoms with Gasteiger partial charge in [-0.05, 0) is 6.07 Å². The number of carbonyl (C=O) groups is 1. The number of aliphatic hydroxyl groups is 1. The van der Waals surface area contributed by atoms with Crippen LogP contribution in [-0.2, 0) is 11.3 Å². The second-order valence-electron chi connectivity index (χ2n) is 2.32. The Hall–Kier alpha value is -1.62. The summed E-state index contributed by atoms with van der Waals surface area (Å²) in [5.74, 6) is -1.07. The van der Waals surface area contributed by atoms with Crippen molar-refractivity contribution < 1.29 is 19.7 Å². The number of hydrogen-bond donors (Lipinski definition) is 2. The molecule has 0 aromatic carbocycles. The van der Waals surface area contributed by atoms with Crippen molar-refractivity contribution >= 4 is 5.97 Å². The molecule has 70 valence electrons. The average molecular weight is 183 g/mol. The number of nitrogens with zero attached hydrogens (tertiary/aromatic N) is 1. The SMILES string of the molecule is COC(=O)c1nccc(CO)c1O. The first-order valence-corrected chi connectivity index (χ1v) is 3.56. The molecule has 1 aromatic rings. The van der Waals surface area contributed by atoms with Crippen LogP contribution < -0.4 is 0 Å². The zero-order valence-electron chi connectivity index (χ0n) is 7.02. The van der Waals surface area contributed by atoms with Gasteiger partial charge in [-0.2, -0.15) is 0 Å². The van der Waals surface area contributed by atoms with Gasteiger partial charge in [0.1, 0.15) is 0 Å². The minimum Gasteiger partial charge on any atom is -0.505 e. The number of esters is 1. The monoisotopic (exact) mass is 183 g/mol. The average Bonchev–Trinajstić information content (AvgIpc) is 2.17. The van der Waals surface area contributed by atoms with E-state index >= 15 is 0 Å². The summed E-state index contributed by atoms with van der Waals surface area (Å²) in [7, 11) is 1.19. The molecule has 5 nitrogen and oxygen atoms in total. The smallest absolute Gasteiger partial charge is 0.360 e. The molecule has 1 aromatic heterocycles. The van der Waals surface area contributed by atoms with E-state index in [1.165, 1.54) is 19.4 Å². The normalized spacial score (nSPS) is 9.69. The molecule has 0 unspecified atom stereocenters. The van der Waals surface area contributed by atoms with Crippen LogP contribution in [0, 0.1) is 0 Å². The van der Waals surface area contributed by atoms with E-state index in [9.17, 15) is 9.90 Å². The molecule has 0 aliphatic heterocycles. The molecule has 0 aliphatic carbocycles. The van der Waals surface area contributed by atoms with Crippen LogP contribution in [0.3, 0.4) is 0 Å². The van der Waals surface area contributed by atoms with Crippen molar-refractivity contribution in [3.63, 3.8) is 0 Å². The molecule has 0 aliphatic rings. The lowest BCUT2D eigenvalue weighted by atomic mass is 10.2. The predicted octanol–water partition coefficient (Wildman–Crippen LogP) is 0.0661. The van der Waals surface area contributed by atoms with E-state index in [0.29, 0.717) is 0 Å². The molecule has 0 spiro atoms. The second kappa shape index (κ2) is 3.86. The number of pyridine rings is 1. The first kappa shape index (κ1) is 9.47. The zero-order valence-corrected chi connectivity index (χ0v) is 7.02. The zero-order chi connectivity index (χ0) is 9.84. The largest absolute Gasteiger partial charge is 0.505 e. The summed E-state index contributed by atoms with van der Waals surface area (Å²) in [5.41, 5.74) is 0.0597. The van der Waals surface area contributed by atoms with Crippen LogP contribution in [-0.4, -0.2) is 28.3 Å². The van der Waals surface area contributed by atoms with Gasteiger partial charge in [0.2, 0.25) is 0 Å². The molecule has 0 saturated heterocycles. The lowest BCUT2D eigenvalue weighted by molar-refractivity contribution is 0.0590. The Balaban J connectivity index is 3.15. The number of ether oxygens (including phenoxy) is 1. The molecule has 1 heterocycles. The van der Waals surface area contributed by atoms with Gasteiger partial charge in [0.25, 0.3) is 0 Å². The lowest BCUT2D eigenvalue weighted by Gasteiger charge is -2.04. The van der Waals surface area contributed by atoms with Gasteiger partial charge in [-0.1, -0.05) is 0 Å². The van der Waals surface area contributed by atoms with Gasteiger partial charge in [-0.15, -0.1) is 0 Å². The molecule has 2 N–H and O–H groups in total. The van der Waals surface area contributed by atoms with Crippen molar-refractivity contribution in [1.29, 1.82) is 0 Å². The maximum Gasteiger partial charge on any atom is 0.360 e. The molecule has 0 radical (unpaired) electrons. The number of methoxy groups -OCH3 is 1. The topological polar surface area (TPSA) is 79.7 Å². The molecule has 0 amide bonds. The molecule has 0 saturated carbocycles. The van der Waals surface area contributed by atoms with E-state index in [4.69, 9.17) is 5.11 Å². The van der Waals surface area contributed by atoms with Crippen LogP contribution >= 0.6 is 0 Å². The minimum atomic E-state index is -0.729. The fourth-order valence-electron chi connectivity index (χ4n) is 0.868. The highest BCUT2D eigenvalue weighted by Crippen LogP contribution is 2.20. The van der Waals surface area contributed by atoms with Crippen molar-refractivity contribution in [2.75, 3.05) is 7.11 Å². The number of aromatic nitrogens is 1. The third kappa shape index (κ3) is 1.75. The van der Waals surface area contributed by atoms with Crippen molar-refractivity contribution in [3.8, 4) is 5.75 Å². The Morgan fingerprint density at radius 3 is 2.92 bits per heavy atom. The molecular formula is C8H9NO4. The fourth-order valence-corrected chi connectivity index (χ4v) is 0.868. The van der Waals surface area contributed by atoms with Gasteiger partial charge in [0.05, 0.1) is 13.7 Å². The fraction of sp³-hybridized carbons (Fsp3) is 0.250. The van der Waals surface area contributed by atoms with Gasteiger partial charge >= 0.3 is 5.97 Å². The van der Waals surface area contributed by atoms with Crippen molar-refractivity contribution in [2.24, 2.45) is 0 Å². The highest BCUT2D eigenvalue weighted by molar-refractivity contribution is 5.90. The van der Waals surface area contributed by atoms with Crippen LogP contribution in [0.15, 0.2) is 12.3 Å². The molecule has 0 bridgehead atoms. The minimum absolute atomic E-state index is 0.186. The molecule has 0 atom stereocenters. The Bertz CT molecular complexity index is 324. The summed E-state index contributed by atoms with van der Waals surface area (Å²) in [6, 6.07) is 1.42. The molecular weight excluding hydrogens is 174 g/mol. The summed E-state index contributed by atoms with van der Waals surface area (Å²) in [6.45, 7) is -0.349. The lowest BCUT2D eigenvalue weighted by Crippen LogP contribution is -2.05. The van der Waals surface area contributed by atoms with Crippen LogP contribution in [0.25, 0.3) is 0 Å². The Labute approximate surface area is 74.6 Å². The number of aromatic hydroxyl groups is 1. The Morgan fingerprint density at radius 2 is 2.38 bits per heavy atom.